The van der Waals surface area contributed by atoms with Gasteiger partial charge < -0.3 is 19.1 Å². The van der Waals surface area contributed by atoms with Crippen molar-refractivity contribution in [3.63, 3.8) is 0 Å². The minimum Gasteiger partial charge on any atom is -0.462 e. The quantitative estimate of drug-likeness (QED) is 0.216. The molecule has 1 aromatic carbocycles. The largest absolute Gasteiger partial charge is 0.462 e. The highest BCUT2D eigenvalue weighted by molar-refractivity contribution is 7.52. The summed E-state index contributed by atoms with van der Waals surface area (Å²) < 4.78 is 36.7. The first-order chi connectivity index (χ1) is 17.0. The lowest BCUT2D eigenvalue weighted by molar-refractivity contribution is -0.150. The number of aromatic nitrogens is 2. The van der Waals surface area contributed by atoms with Crippen LogP contribution in [-0.2, 0) is 23.4 Å². The van der Waals surface area contributed by atoms with Crippen molar-refractivity contribution in [1.82, 2.24) is 14.6 Å². The molecule has 198 valence electrons. The zero-order valence-electron chi connectivity index (χ0n) is 19.9. The summed E-state index contributed by atoms with van der Waals surface area (Å²) in [6, 6.07) is 8.21. The van der Waals surface area contributed by atoms with Crippen LogP contribution in [0.15, 0.2) is 52.2 Å². The van der Waals surface area contributed by atoms with Gasteiger partial charge in [0.25, 0.3) is 5.56 Å². The highest BCUT2D eigenvalue weighted by Crippen LogP contribution is 2.46. The van der Waals surface area contributed by atoms with Gasteiger partial charge in [-0.1, -0.05) is 25.1 Å². The summed E-state index contributed by atoms with van der Waals surface area (Å²) in [6.45, 7) is 4.56. The number of nitrogens with one attached hydrogen (secondary N) is 2. The van der Waals surface area contributed by atoms with Gasteiger partial charge in [0.2, 0.25) is 0 Å². The molecule has 7 atom stereocenters. The predicted octanol–water partition coefficient (Wildman–Crippen LogP) is 1.93. The maximum atomic E-state index is 13.6. The van der Waals surface area contributed by atoms with E-state index in [-0.39, 0.29) is 11.9 Å². The molecule has 3 rings (SSSR count). The van der Waals surface area contributed by atoms with Crippen molar-refractivity contribution in [1.29, 1.82) is 0 Å². The maximum Gasteiger partial charge on any atom is 0.459 e. The Balaban J connectivity index is 1.75. The fourth-order valence-corrected chi connectivity index (χ4v) is 5.09. The predicted molar refractivity (Wildman–Crippen MR) is 130 cm³/mol. The number of H-pyrrole nitrogens is 1. The molecule has 12 nitrogen and oxygen atoms in total. The van der Waals surface area contributed by atoms with Crippen LogP contribution in [0.25, 0.3) is 0 Å². The van der Waals surface area contributed by atoms with E-state index in [9.17, 15) is 24.1 Å². The molecule has 1 fully saturated rings. The SMILES string of the molecule is CCC(C)OC(=O)[C@H](C)NP(=O)(OC[C@H]1O[C@@H](n2ccc(=O)[nH]c2=O)[C@@H](Cl)[C@@H]1O)Oc1ccccc1. The van der Waals surface area contributed by atoms with Gasteiger partial charge in [0.1, 0.15) is 29.4 Å². The van der Waals surface area contributed by atoms with Gasteiger partial charge in [-0.3, -0.25) is 23.7 Å². The second kappa shape index (κ2) is 12.2. The molecule has 2 aromatic rings. The first-order valence-corrected chi connectivity index (χ1v) is 13.3. The van der Waals surface area contributed by atoms with E-state index in [1.54, 1.807) is 37.3 Å². The highest BCUT2D eigenvalue weighted by atomic mass is 35.5. The second-order valence-corrected chi connectivity index (χ2v) is 10.4. The Hall–Kier alpha value is -2.47. The van der Waals surface area contributed by atoms with Gasteiger partial charge in [-0.2, -0.15) is 5.09 Å². The fraction of sp³-hybridized carbons (Fsp3) is 0.500. The van der Waals surface area contributed by atoms with Crippen molar-refractivity contribution in [3.8, 4) is 5.75 Å². The van der Waals surface area contributed by atoms with Crippen molar-refractivity contribution >= 4 is 25.3 Å². The van der Waals surface area contributed by atoms with E-state index in [0.717, 1.165) is 10.6 Å². The minimum absolute atomic E-state index is 0.205. The van der Waals surface area contributed by atoms with E-state index in [2.05, 4.69) is 10.1 Å². The van der Waals surface area contributed by atoms with Crippen LogP contribution in [-0.4, -0.2) is 57.0 Å². The number of carbonyl (C=O) groups excluding carboxylic acids is 1. The minimum atomic E-state index is -4.21. The number of hydrogen-bond donors (Lipinski definition) is 3. The van der Waals surface area contributed by atoms with E-state index in [1.165, 1.54) is 13.1 Å². The second-order valence-electron chi connectivity index (χ2n) is 8.22. The third kappa shape index (κ3) is 7.06. The average Bonchev–Trinajstić information content (AvgIpc) is 3.11. The molecule has 2 unspecified atom stereocenters. The summed E-state index contributed by atoms with van der Waals surface area (Å²) in [5.41, 5.74) is -1.38. The number of ether oxygens (including phenoxy) is 2. The zero-order chi connectivity index (χ0) is 26.5. The molecule has 0 aliphatic carbocycles. The van der Waals surface area contributed by atoms with E-state index < -0.39 is 61.4 Å². The van der Waals surface area contributed by atoms with Gasteiger partial charge >= 0.3 is 19.4 Å². The number of hydrogen-bond acceptors (Lipinski definition) is 9. The van der Waals surface area contributed by atoms with Crippen molar-refractivity contribution in [2.75, 3.05) is 6.61 Å². The van der Waals surface area contributed by atoms with Crippen LogP contribution < -0.4 is 20.9 Å². The molecule has 1 aromatic heterocycles. The third-order valence-electron chi connectivity index (χ3n) is 5.39. The number of alkyl halides is 1. The molecule has 1 aliphatic heterocycles. The molecular formula is C22H29ClN3O9P. The summed E-state index contributed by atoms with van der Waals surface area (Å²) in [6.07, 6.45) is -2.13. The zero-order valence-corrected chi connectivity index (χ0v) is 21.6. The smallest absolute Gasteiger partial charge is 0.459 e. The number of para-hydroxylation sites is 1. The van der Waals surface area contributed by atoms with Gasteiger partial charge in [0.15, 0.2) is 6.23 Å². The fourth-order valence-electron chi connectivity index (χ4n) is 3.25. The van der Waals surface area contributed by atoms with E-state index in [4.69, 9.17) is 30.1 Å². The van der Waals surface area contributed by atoms with Crippen LogP contribution in [0.2, 0.25) is 0 Å². The van der Waals surface area contributed by atoms with Gasteiger partial charge in [0.05, 0.1) is 12.7 Å². The Morgan fingerprint density at radius 3 is 2.61 bits per heavy atom. The molecule has 14 heteroatoms. The average molecular weight is 546 g/mol. The number of benzene rings is 1. The molecule has 3 N–H and O–H groups in total. The summed E-state index contributed by atoms with van der Waals surface area (Å²) >= 11 is 6.28. The first-order valence-electron chi connectivity index (χ1n) is 11.3. The van der Waals surface area contributed by atoms with Gasteiger partial charge in [-0.15, -0.1) is 11.6 Å². The Labute approximate surface area is 212 Å². The number of esters is 1. The number of rotatable bonds is 11. The molecule has 0 saturated carbocycles. The molecule has 0 bridgehead atoms. The van der Waals surface area contributed by atoms with E-state index >= 15 is 0 Å². The van der Waals surface area contributed by atoms with Gasteiger partial charge in [-0.05, 0) is 32.4 Å². The Morgan fingerprint density at radius 2 is 1.97 bits per heavy atom. The van der Waals surface area contributed by atoms with Crippen LogP contribution in [0.1, 0.15) is 33.4 Å². The molecule has 2 heterocycles. The maximum absolute atomic E-state index is 13.6. The standard InChI is InChI=1S/C22H29ClN3O9P/c1-4-13(2)33-21(29)14(3)25-36(31,35-15-8-6-5-7-9-15)32-12-16-19(28)18(23)20(34-16)26-11-10-17(27)24-22(26)30/h5-11,13-14,16,18-20,28H,4,12H2,1-3H3,(H,25,31)(H,24,27,30)/t13?,14-,16+,18-,19+,20+,36?/m0/s1. The van der Waals surface area contributed by atoms with Gasteiger partial charge in [0, 0.05) is 12.3 Å². The number of aliphatic hydroxyl groups excluding tert-OH is 1. The Kier molecular flexibility index (Phi) is 9.51. The molecule has 36 heavy (non-hydrogen) atoms. The lowest BCUT2D eigenvalue weighted by Crippen LogP contribution is -2.38. The van der Waals surface area contributed by atoms with Gasteiger partial charge in [-0.25, -0.2) is 9.36 Å². The van der Waals surface area contributed by atoms with Crippen LogP contribution in [0.4, 0.5) is 0 Å². The van der Waals surface area contributed by atoms with Crippen molar-refractivity contribution in [2.24, 2.45) is 0 Å². The molecule has 1 saturated heterocycles. The molecule has 0 amide bonds. The number of halogens is 1. The highest BCUT2D eigenvalue weighted by Gasteiger charge is 2.45. The topological polar surface area (TPSA) is 158 Å². The summed E-state index contributed by atoms with van der Waals surface area (Å²) in [4.78, 5) is 38.0. The monoisotopic (exact) mass is 545 g/mol. The van der Waals surface area contributed by atoms with E-state index in [1.807, 2.05) is 6.92 Å². The summed E-state index contributed by atoms with van der Waals surface area (Å²) in [5, 5.41) is 12.0. The molecule has 0 spiro atoms. The third-order valence-corrected chi connectivity index (χ3v) is 7.51. The number of carbonyl (C=O) groups is 1. The van der Waals surface area contributed by atoms with Crippen LogP contribution in [0.3, 0.4) is 0 Å². The molecule has 1 aliphatic rings. The van der Waals surface area contributed by atoms with Crippen LogP contribution in [0.5, 0.6) is 5.75 Å². The van der Waals surface area contributed by atoms with Crippen molar-refractivity contribution in [2.45, 2.75) is 63.2 Å². The number of aromatic amines is 1. The molecular weight excluding hydrogens is 517 g/mol. The number of nitrogens with zero attached hydrogens (tertiary/aromatic N) is 1. The van der Waals surface area contributed by atoms with E-state index in [0.29, 0.717) is 6.42 Å². The van der Waals surface area contributed by atoms with Crippen molar-refractivity contribution in [3.05, 3.63) is 63.4 Å². The Bertz CT molecular complexity index is 1190. The molecule has 0 radical (unpaired) electrons. The number of aliphatic hydroxyl groups is 1. The first kappa shape index (κ1) is 28.1. The lowest BCUT2D eigenvalue weighted by atomic mass is 10.2. The summed E-state index contributed by atoms with van der Waals surface area (Å²) in [5.74, 6) is -0.447. The van der Waals surface area contributed by atoms with Crippen molar-refractivity contribution < 1.29 is 33.0 Å². The normalized spacial score (nSPS) is 25.0. The van der Waals surface area contributed by atoms with Crippen LogP contribution >= 0.6 is 19.3 Å². The Morgan fingerprint density at radius 1 is 1.28 bits per heavy atom. The van der Waals surface area contributed by atoms with Crippen LogP contribution in [0, 0.1) is 0 Å². The lowest BCUT2D eigenvalue weighted by Gasteiger charge is -2.25. The summed E-state index contributed by atoms with van der Waals surface area (Å²) in [7, 11) is -4.21.